The van der Waals surface area contributed by atoms with E-state index in [1.54, 1.807) is 24.4 Å². The first-order valence-corrected chi connectivity index (χ1v) is 7.35. The topological polar surface area (TPSA) is 66.4 Å². The molecule has 0 saturated heterocycles. The molecule has 2 heterocycles. The lowest BCUT2D eigenvalue weighted by molar-refractivity contribution is 0.0698. The minimum Gasteiger partial charge on any atom is -0.478 e. The van der Waals surface area contributed by atoms with Gasteiger partial charge in [-0.15, -0.1) is 22.7 Å². The molecular weight excluding hydrogens is 338 g/mol. The van der Waals surface area contributed by atoms with Crippen LogP contribution >= 0.6 is 38.6 Å². The second-order valence-electron chi connectivity index (χ2n) is 3.50. The number of hydrogen-bond donors (Lipinski definition) is 2. The molecule has 0 aromatic carbocycles. The predicted octanol–water partition coefficient (Wildman–Crippen LogP) is 3.83. The number of amides is 1. The second kappa shape index (κ2) is 5.21. The zero-order valence-electron chi connectivity index (χ0n) is 9.19. The van der Waals surface area contributed by atoms with Gasteiger partial charge in [0, 0.05) is 10.3 Å². The van der Waals surface area contributed by atoms with Crippen molar-refractivity contribution in [1.82, 2.24) is 0 Å². The van der Waals surface area contributed by atoms with E-state index in [2.05, 4.69) is 21.2 Å². The van der Waals surface area contributed by atoms with E-state index in [1.165, 1.54) is 22.7 Å². The summed E-state index contributed by atoms with van der Waals surface area (Å²) in [5.74, 6) is -1.34. The maximum Gasteiger partial charge on any atom is 0.338 e. The molecule has 0 atom stereocenters. The Morgan fingerprint density at radius 2 is 2.11 bits per heavy atom. The van der Waals surface area contributed by atoms with E-state index in [1.807, 2.05) is 0 Å². The number of rotatable bonds is 3. The normalized spacial score (nSPS) is 10.3. The van der Waals surface area contributed by atoms with Gasteiger partial charge in [0.05, 0.1) is 14.9 Å². The Bertz CT molecular complexity index is 618. The predicted molar refractivity (Wildman–Crippen MR) is 76.0 cm³/mol. The number of thiophene rings is 2. The third-order valence-corrected chi connectivity index (χ3v) is 4.61. The first-order chi connectivity index (χ1) is 8.47. The molecule has 0 saturated carbocycles. The minimum absolute atomic E-state index is 0.125. The molecular formula is C11H8BrNO3S2. The highest BCUT2D eigenvalue weighted by molar-refractivity contribution is 9.11. The monoisotopic (exact) mass is 345 g/mol. The third-order valence-electron chi connectivity index (χ3n) is 2.14. The molecule has 2 N–H and O–H groups in total. The molecule has 0 unspecified atom stereocenters. The van der Waals surface area contributed by atoms with Crippen molar-refractivity contribution in [3.05, 3.63) is 37.3 Å². The SMILES string of the molecule is Cc1cc(C(=O)O)c(NC(=O)c2csc(Br)c2)s1. The summed E-state index contributed by atoms with van der Waals surface area (Å²) in [6, 6.07) is 3.24. The highest BCUT2D eigenvalue weighted by Gasteiger charge is 2.17. The number of carboxylic acids is 1. The van der Waals surface area contributed by atoms with Gasteiger partial charge in [-0.05, 0) is 35.0 Å². The van der Waals surface area contributed by atoms with Crippen LogP contribution in [0.5, 0.6) is 0 Å². The van der Waals surface area contributed by atoms with Crippen LogP contribution in [0, 0.1) is 6.92 Å². The number of anilines is 1. The summed E-state index contributed by atoms with van der Waals surface area (Å²) in [6.07, 6.45) is 0. The van der Waals surface area contributed by atoms with Gasteiger partial charge in [-0.3, -0.25) is 4.79 Å². The van der Waals surface area contributed by atoms with Crippen molar-refractivity contribution >= 4 is 55.5 Å². The van der Waals surface area contributed by atoms with E-state index in [0.29, 0.717) is 10.6 Å². The summed E-state index contributed by atoms with van der Waals surface area (Å²) >= 11 is 5.93. The maximum absolute atomic E-state index is 11.9. The Labute approximate surface area is 119 Å². The number of halogens is 1. The zero-order chi connectivity index (χ0) is 13.3. The maximum atomic E-state index is 11.9. The van der Waals surface area contributed by atoms with Crippen molar-refractivity contribution in [1.29, 1.82) is 0 Å². The largest absolute Gasteiger partial charge is 0.478 e. The van der Waals surface area contributed by atoms with Crippen LogP contribution in [0.3, 0.4) is 0 Å². The van der Waals surface area contributed by atoms with E-state index < -0.39 is 5.97 Å². The lowest BCUT2D eigenvalue weighted by Gasteiger charge is -2.01. The fourth-order valence-electron chi connectivity index (χ4n) is 1.37. The molecule has 0 aliphatic carbocycles. The Balaban J connectivity index is 2.24. The average Bonchev–Trinajstić information content (AvgIpc) is 2.85. The summed E-state index contributed by atoms with van der Waals surface area (Å²) < 4.78 is 0.855. The van der Waals surface area contributed by atoms with Gasteiger partial charge >= 0.3 is 5.97 Å². The summed E-state index contributed by atoms with van der Waals surface area (Å²) in [7, 11) is 0. The van der Waals surface area contributed by atoms with Gasteiger partial charge in [0.25, 0.3) is 5.91 Å². The Kier molecular flexibility index (Phi) is 3.84. The van der Waals surface area contributed by atoms with Gasteiger partial charge in [0.1, 0.15) is 5.00 Å². The Hall–Kier alpha value is -1.18. The number of aromatic carboxylic acids is 1. The van der Waals surface area contributed by atoms with Crippen LogP contribution in [-0.2, 0) is 0 Å². The number of carbonyl (C=O) groups is 2. The molecule has 2 rings (SSSR count). The number of carbonyl (C=O) groups excluding carboxylic acids is 1. The van der Waals surface area contributed by atoms with Crippen LogP contribution in [-0.4, -0.2) is 17.0 Å². The molecule has 0 bridgehead atoms. The molecule has 1 amide bonds. The standard InChI is InChI=1S/C11H8BrNO3S2/c1-5-2-7(11(15)16)10(18-5)13-9(14)6-3-8(12)17-4-6/h2-4H,1H3,(H,13,14)(H,15,16). The number of aryl methyl sites for hydroxylation is 1. The van der Waals surface area contributed by atoms with Gasteiger partial charge in [-0.25, -0.2) is 4.79 Å². The first-order valence-electron chi connectivity index (χ1n) is 4.86. The summed E-state index contributed by atoms with van der Waals surface area (Å²) in [4.78, 5) is 23.7. The molecule has 2 aromatic heterocycles. The van der Waals surface area contributed by atoms with E-state index in [-0.39, 0.29) is 11.5 Å². The van der Waals surface area contributed by atoms with E-state index in [9.17, 15) is 9.59 Å². The van der Waals surface area contributed by atoms with Crippen LogP contribution in [0.25, 0.3) is 0 Å². The molecule has 94 valence electrons. The van der Waals surface area contributed by atoms with Crippen LogP contribution in [0.1, 0.15) is 25.6 Å². The van der Waals surface area contributed by atoms with E-state index in [4.69, 9.17) is 5.11 Å². The fraction of sp³-hybridized carbons (Fsp3) is 0.0909. The third kappa shape index (κ3) is 2.80. The van der Waals surface area contributed by atoms with Crippen molar-refractivity contribution in [2.24, 2.45) is 0 Å². The van der Waals surface area contributed by atoms with Crippen LogP contribution < -0.4 is 5.32 Å². The van der Waals surface area contributed by atoms with Crippen molar-refractivity contribution in [3.8, 4) is 0 Å². The van der Waals surface area contributed by atoms with Crippen LogP contribution in [0.4, 0.5) is 5.00 Å². The molecule has 0 aliphatic heterocycles. The van der Waals surface area contributed by atoms with Gasteiger partial charge in [-0.1, -0.05) is 0 Å². The average molecular weight is 346 g/mol. The second-order valence-corrected chi connectivity index (χ2v) is 7.05. The van der Waals surface area contributed by atoms with Gasteiger partial charge in [0.15, 0.2) is 0 Å². The van der Waals surface area contributed by atoms with Crippen molar-refractivity contribution < 1.29 is 14.7 Å². The van der Waals surface area contributed by atoms with Crippen molar-refractivity contribution in [2.75, 3.05) is 5.32 Å². The minimum atomic E-state index is -1.04. The smallest absolute Gasteiger partial charge is 0.338 e. The van der Waals surface area contributed by atoms with Crippen LogP contribution in [0.15, 0.2) is 21.3 Å². The first kappa shape index (κ1) is 13.3. The number of nitrogens with one attached hydrogen (secondary N) is 1. The Morgan fingerprint density at radius 1 is 1.39 bits per heavy atom. The quantitative estimate of drug-likeness (QED) is 0.888. The number of carboxylic acid groups (broad SMARTS) is 1. The summed E-state index contributed by atoms with van der Waals surface area (Å²) in [6.45, 7) is 1.80. The molecule has 0 aliphatic rings. The molecule has 0 radical (unpaired) electrons. The van der Waals surface area contributed by atoms with Gasteiger partial charge < -0.3 is 10.4 Å². The molecule has 0 spiro atoms. The molecule has 0 fully saturated rings. The van der Waals surface area contributed by atoms with E-state index in [0.717, 1.165) is 8.66 Å². The van der Waals surface area contributed by atoms with E-state index >= 15 is 0 Å². The van der Waals surface area contributed by atoms with Gasteiger partial charge in [0.2, 0.25) is 0 Å². The van der Waals surface area contributed by atoms with Crippen molar-refractivity contribution in [3.63, 3.8) is 0 Å². The number of hydrogen-bond acceptors (Lipinski definition) is 4. The lowest BCUT2D eigenvalue weighted by Crippen LogP contribution is -2.12. The Morgan fingerprint density at radius 3 is 2.67 bits per heavy atom. The highest BCUT2D eigenvalue weighted by atomic mass is 79.9. The molecule has 18 heavy (non-hydrogen) atoms. The molecule has 4 nitrogen and oxygen atoms in total. The summed E-state index contributed by atoms with van der Waals surface area (Å²) in [5.41, 5.74) is 0.634. The van der Waals surface area contributed by atoms with Crippen LogP contribution in [0.2, 0.25) is 0 Å². The fourth-order valence-corrected chi connectivity index (χ4v) is 3.41. The molecule has 7 heteroatoms. The summed E-state index contributed by atoms with van der Waals surface area (Å²) in [5, 5.41) is 13.7. The van der Waals surface area contributed by atoms with Crippen molar-refractivity contribution in [2.45, 2.75) is 6.92 Å². The van der Waals surface area contributed by atoms with Gasteiger partial charge in [-0.2, -0.15) is 0 Å². The lowest BCUT2D eigenvalue weighted by atomic mass is 10.3. The highest BCUT2D eigenvalue weighted by Crippen LogP contribution is 2.29. The molecule has 2 aromatic rings. The zero-order valence-corrected chi connectivity index (χ0v) is 12.4.